The second kappa shape index (κ2) is 8.83. The lowest BCUT2D eigenvalue weighted by Crippen LogP contribution is -2.31. The van der Waals surface area contributed by atoms with Crippen molar-refractivity contribution in [1.29, 1.82) is 0 Å². The van der Waals surface area contributed by atoms with E-state index in [4.69, 9.17) is 0 Å². The molecule has 0 aliphatic rings. The molecule has 0 aliphatic carbocycles. The Morgan fingerprint density at radius 3 is 2.61 bits per heavy atom. The maximum atomic E-state index is 12.1. The highest BCUT2D eigenvalue weighted by atomic mass is 79.9. The topological polar surface area (TPSA) is 101 Å². The van der Waals surface area contributed by atoms with Crippen LogP contribution in [0.5, 0.6) is 0 Å². The van der Waals surface area contributed by atoms with Gasteiger partial charge in [0, 0.05) is 28.3 Å². The molecule has 3 N–H and O–H groups in total. The standard InChI is InChI=1S/C19H21BrN6O2/c1-12(2)22-18(27)13-3-8-17-16(11-13)24-25-26(17)10-9-21-19(28)23-15-6-4-14(20)5-7-15/h3-8,11-12H,9-10H2,1-2H3,(H,22,27)(H2,21,23,28). The highest BCUT2D eigenvalue weighted by Crippen LogP contribution is 2.15. The molecule has 0 spiro atoms. The molecule has 8 nitrogen and oxygen atoms in total. The number of urea groups is 1. The molecule has 0 saturated carbocycles. The Bertz CT molecular complexity index is 984. The lowest BCUT2D eigenvalue weighted by Gasteiger charge is -2.09. The van der Waals surface area contributed by atoms with Gasteiger partial charge in [-0.2, -0.15) is 0 Å². The first-order valence-corrected chi connectivity index (χ1v) is 9.66. The predicted octanol–water partition coefficient (Wildman–Crippen LogP) is 3.15. The summed E-state index contributed by atoms with van der Waals surface area (Å²) in [5.74, 6) is -0.141. The lowest BCUT2D eigenvalue weighted by molar-refractivity contribution is 0.0943. The van der Waals surface area contributed by atoms with Crippen LogP contribution in [0.2, 0.25) is 0 Å². The molecule has 2 aromatic carbocycles. The monoisotopic (exact) mass is 444 g/mol. The van der Waals surface area contributed by atoms with E-state index in [0.29, 0.717) is 29.9 Å². The van der Waals surface area contributed by atoms with E-state index < -0.39 is 0 Å². The molecule has 3 amide bonds. The molecule has 146 valence electrons. The SMILES string of the molecule is CC(C)NC(=O)c1ccc2c(c1)nnn2CCNC(=O)Nc1ccc(Br)cc1. The molecule has 28 heavy (non-hydrogen) atoms. The van der Waals surface area contributed by atoms with Gasteiger partial charge in [-0.15, -0.1) is 5.10 Å². The van der Waals surface area contributed by atoms with E-state index in [2.05, 4.69) is 42.2 Å². The zero-order valence-electron chi connectivity index (χ0n) is 15.6. The highest BCUT2D eigenvalue weighted by Gasteiger charge is 2.11. The van der Waals surface area contributed by atoms with Crippen LogP contribution >= 0.6 is 15.9 Å². The second-order valence-electron chi connectivity index (χ2n) is 6.53. The number of anilines is 1. The molecule has 0 atom stereocenters. The van der Waals surface area contributed by atoms with E-state index in [0.717, 1.165) is 9.99 Å². The second-order valence-corrected chi connectivity index (χ2v) is 7.45. The zero-order chi connectivity index (χ0) is 20.1. The summed E-state index contributed by atoms with van der Waals surface area (Å²) in [6, 6.07) is 12.4. The maximum Gasteiger partial charge on any atom is 0.319 e. The summed E-state index contributed by atoms with van der Waals surface area (Å²) in [5, 5.41) is 16.6. The van der Waals surface area contributed by atoms with Crippen LogP contribution in [0.4, 0.5) is 10.5 Å². The van der Waals surface area contributed by atoms with Gasteiger partial charge in [0.05, 0.1) is 12.1 Å². The molecule has 0 bridgehead atoms. The van der Waals surface area contributed by atoms with Gasteiger partial charge in [-0.1, -0.05) is 21.1 Å². The highest BCUT2D eigenvalue weighted by molar-refractivity contribution is 9.10. The third kappa shape index (κ3) is 5.07. The molecular weight excluding hydrogens is 424 g/mol. The van der Waals surface area contributed by atoms with Gasteiger partial charge in [-0.05, 0) is 56.3 Å². The van der Waals surface area contributed by atoms with Crippen LogP contribution in [0, 0.1) is 0 Å². The molecule has 1 heterocycles. The fraction of sp³-hybridized carbons (Fsp3) is 0.263. The predicted molar refractivity (Wildman–Crippen MR) is 111 cm³/mol. The summed E-state index contributed by atoms with van der Waals surface area (Å²) < 4.78 is 2.64. The minimum Gasteiger partial charge on any atom is -0.350 e. The Labute approximate surface area is 170 Å². The van der Waals surface area contributed by atoms with Crippen molar-refractivity contribution >= 4 is 44.6 Å². The summed E-state index contributed by atoms with van der Waals surface area (Å²) in [6.45, 7) is 4.66. The summed E-state index contributed by atoms with van der Waals surface area (Å²) >= 11 is 3.35. The Hall–Kier alpha value is -2.94. The normalized spacial score (nSPS) is 10.9. The third-order valence-electron chi connectivity index (χ3n) is 3.91. The number of benzene rings is 2. The Morgan fingerprint density at radius 2 is 1.89 bits per heavy atom. The number of carbonyl (C=O) groups excluding carboxylic acids is 2. The van der Waals surface area contributed by atoms with Crippen molar-refractivity contribution in [1.82, 2.24) is 25.6 Å². The number of nitrogens with zero attached hydrogens (tertiary/aromatic N) is 3. The average molecular weight is 445 g/mol. The average Bonchev–Trinajstić information content (AvgIpc) is 3.05. The van der Waals surface area contributed by atoms with Gasteiger partial charge in [0.15, 0.2) is 0 Å². The van der Waals surface area contributed by atoms with Crippen LogP contribution in [0.15, 0.2) is 46.9 Å². The Balaban J connectivity index is 1.56. The minimum atomic E-state index is -0.292. The maximum absolute atomic E-state index is 12.1. The number of rotatable bonds is 6. The van der Waals surface area contributed by atoms with Crippen molar-refractivity contribution in [3.8, 4) is 0 Å². The molecule has 0 unspecified atom stereocenters. The quantitative estimate of drug-likeness (QED) is 0.543. The van der Waals surface area contributed by atoms with Gasteiger partial charge < -0.3 is 16.0 Å². The van der Waals surface area contributed by atoms with Gasteiger partial charge in [-0.3, -0.25) is 4.79 Å². The molecular formula is C19H21BrN6O2. The van der Waals surface area contributed by atoms with Crippen LogP contribution in [0.3, 0.4) is 0 Å². The number of aromatic nitrogens is 3. The largest absolute Gasteiger partial charge is 0.350 e. The van der Waals surface area contributed by atoms with Crippen molar-refractivity contribution in [3.05, 3.63) is 52.5 Å². The number of hydrogen-bond donors (Lipinski definition) is 3. The van der Waals surface area contributed by atoms with Gasteiger partial charge in [0.1, 0.15) is 5.52 Å². The Kier molecular flexibility index (Phi) is 6.25. The van der Waals surface area contributed by atoms with E-state index in [1.165, 1.54) is 0 Å². The van der Waals surface area contributed by atoms with Gasteiger partial charge in [-0.25, -0.2) is 9.48 Å². The number of hydrogen-bond acceptors (Lipinski definition) is 4. The van der Waals surface area contributed by atoms with E-state index >= 15 is 0 Å². The van der Waals surface area contributed by atoms with Gasteiger partial charge >= 0.3 is 6.03 Å². The zero-order valence-corrected chi connectivity index (χ0v) is 17.2. The first kappa shape index (κ1) is 19.8. The smallest absolute Gasteiger partial charge is 0.319 e. The van der Waals surface area contributed by atoms with Crippen molar-refractivity contribution in [2.75, 3.05) is 11.9 Å². The van der Waals surface area contributed by atoms with Crippen LogP contribution in [-0.2, 0) is 6.54 Å². The fourth-order valence-electron chi connectivity index (χ4n) is 2.61. The van der Waals surface area contributed by atoms with Crippen molar-refractivity contribution in [2.45, 2.75) is 26.4 Å². The van der Waals surface area contributed by atoms with Crippen LogP contribution in [0.25, 0.3) is 11.0 Å². The lowest BCUT2D eigenvalue weighted by atomic mass is 10.2. The number of halogens is 1. The summed E-state index contributed by atoms with van der Waals surface area (Å²) in [6.07, 6.45) is 0. The first-order chi connectivity index (χ1) is 13.4. The van der Waals surface area contributed by atoms with E-state index in [9.17, 15) is 9.59 Å². The van der Waals surface area contributed by atoms with Crippen LogP contribution in [-0.4, -0.2) is 39.5 Å². The van der Waals surface area contributed by atoms with Crippen LogP contribution < -0.4 is 16.0 Å². The van der Waals surface area contributed by atoms with E-state index in [1.54, 1.807) is 16.8 Å². The molecule has 0 fully saturated rings. The first-order valence-electron chi connectivity index (χ1n) is 8.87. The molecule has 3 rings (SSSR count). The van der Waals surface area contributed by atoms with Gasteiger partial charge in [0.25, 0.3) is 5.91 Å². The Morgan fingerprint density at radius 1 is 1.14 bits per heavy atom. The molecule has 0 radical (unpaired) electrons. The third-order valence-corrected chi connectivity index (χ3v) is 4.44. The molecule has 9 heteroatoms. The summed E-state index contributed by atoms with van der Waals surface area (Å²) in [5.41, 5.74) is 2.69. The van der Waals surface area contributed by atoms with E-state index in [-0.39, 0.29) is 18.0 Å². The number of nitrogens with one attached hydrogen (secondary N) is 3. The van der Waals surface area contributed by atoms with Crippen LogP contribution in [0.1, 0.15) is 24.2 Å². The molecule has 0 aliphatic heterocycles. The minimum absolute atomic E-state index is 0.0634. The summed E-state index contributed by atoms with van der Waals surface area (Å²) in [7, 11) is 0. The van der Waals surface area contributed by atoms with Crippen molar-refractivity contribution in [2.24, 2.45) is 0 Å². The number of amides is 3. The van der Waals surface area contributed by atoms with E-state index in [1.807, 2.05) is 44.2 Å². The molecule has 0 saturated heterocycles. The molecule has 3 aromatic rings. The number of carbonyl (C=O) groups is 2. The van der Waals surface area contributed by atoms with Crippen molar-refractivity contribution < 1.29 is 9.59 Å². The summed E-state index contributed by atoms with van der Waals surface area (Å²) in [4.78, 5) is 24.1. The fourth-order valence-corrected chi connectivity index (χ4v) is 2.87. The van der Waals surface area contributed by atoms with Crippen molar-refractivity contribution in [3.63, 3.8) is 0 Å². The molecule has 1 aromatic heterocycles. The van der Waals surface area contributed by atoms with Gasteiger partial charge in [0.2, 0.25) is 0 Å². The number of fused-ring (bicyclic) bond motifs is 1.